The molecule has 1 saturated carbocycles. The van der Waals surface area contributed by atoms with Crippen molar-refractivity contribution in [3.8, 4) is 0 Å². The number of amides is 1. The SMILES string of the molecule is CC1(C(=O)NC(=S)Nc2cccc(Cl)c2Cl)CC1(Cl)Cl. The van der Waals surface area contributed by atoms with Crippen LogP contribution in [0.1, 0.15) is 13.3 Å². The Balaban J connectivity index is 2.00. The van der Waals surface area contributed by atoms with Crippen LogP contribution in [0.25, 0.3) is 0 Å². The maximum Gasteiger partial charge on any atom is 0.235 e. The minimum atomic E-state index is -1.04. The third kappa shape index (κ3) is 3.00. The molecule has 8 heteroatoms. The van der Waals surface area contributed by atoms with E-state index in [0.717, 1.165) is 0 Å². The van der Waals surface area contributed by atoms with Crippen molar-refractivity contribution < 1.29 is 4.79 Å². The summed E-state index contributed by atoms with van der Waals surface area (Å²) in [6, 6.07) is 5.06. The van der Waals surface area contributed by atoms with Crippen molar-refractivity contribution in [1.29, 1.82) is 0 Å². The number of rotatable bonds is 2. The molecule has 1 aliphatic rings. The van der Waals surface area contributed by atoms with E-state index in [9.17, 15) is 4.79 Å². The van der Waals surface area contributed by atoms with Crippen LogP contribution in [0.15, 0.2) is 18.2 Å². The normalized spacial score (nSPS) is 23.1. The Labute approximate surface area is 141 Å². The molecule has 0 aromatic heterocycles. The highest BCUT2D eigenvalue weighted by molar-refractivity contribution is 7.80. The van der Waals surface area contributed by atoms with Crippen molar-refractivity contribution in [3.63, 3.8) is 0 Å². The van der Waals surface area contributed by atoms with E-state index in [1.807, 2.05) is 0 Å². The number of thiocarbonyl (C=S) groups is 1. The van der Waals surface area contributed by atoms with Crippen LogP contribution in [0.2, 0.25) is 10.0 Å². The molecular weight excluding hydrogens is 362 g/mol. The zero-order valence-corrected chi connectivity index (χ0v) is 14.1. The molecule has 1 fully saturated rings. The van der Waals surface area contributed by atoms with Crippen LogP contribution in [-0.2, 0) is 4.79 Å². The van der Waals surface area contributed by atoms with E-state index in [0.29, 0.717) is 22.2 Å². The van der Waals surface area contributed by atoms with Crippen molar-refractivity contribution in [2.75, 3.05) is 5.32 Å². The van der Waals surface area contributed by atoms with Crippen LogP contribution in [0.3, 0.4) is 0 Å². The molecule has 2 rings (SSSR count). The Morgan fingerprint density at radius 1 is 1.35 bits per heavy atom. The summed E-state index contributed by atoms with van der Waals surface area (Å²) in [6.45, 7) is 1.68. The first-order valence-electron chi connectivity index (χ1n) is 5.62. The summed E-state index contributed by atoms with van der Waals surface area (Å²) < 4.78 is -1.04. The van der Waals surface area contributed by atoms with E-state index in [4.69, 9.17) is 58.6 Å². The number of hydrogen-bond donors (Lipinski definition) is 2. The van der Waals surface area contributed by atoms with Gasteiger partial charge < -0.3 is 10.6 Å². The van der Waals surface area contributed by atoms with E-state index in [1.165, 1.54) is 0 Å². The molecule has 0 spiro atoms. The summed E-state index contributed by atoms with van der Waals surface area (Å²) in [7, 11) is 0. The summed E-state index contributed by atoms with van der Waals surface area (Å²) in [6.07, 6.45) is 0.384. The number of benzene rings is 1. The van der Waals surface area contributed by atoms with Crippen molar-refractivity contribution in [1.82, 2.24) is 5.32 Å². The summed E-state index contributed by atoms with van der Waals surface area (Å²) in [4.78, 5) is 12.0. The predicted molar refractivity (Wildman–Crippen MR) is 88.0 cm³/mol. The van der Waals surface area contributed by atoms with Crippen molar-refractivity contribution in [2.24, 2.45) is 5.41 Å². The molecule has 20 heavy (non-hydrogen) atoms. The Kier molecular flexibility index (Phi) is 4.43. The topological polar surface area (TPSA) is 41.1 Å². The van der Waals surface area contributed by atoms with E-state index >= 15 is 0 Å². The minimum absolute atomic E-state index is 0.108. The average molecular weight is 372 g/mol. The number of anilines is 1. The quantitative estimate of drug-likeness (QED) is 0.598. The smallest absolute Gasteiger partial charge is 0.235 e. The monoisotopic (exact) mass is 370 g/mol. The van der Waals surface area contributed by atoms with Crippen molar-refractivity contribution in [3.05, 3.63) is 28.2 Å². The molecule has 1 aromatic carbocycles. The molecule has 1 aromatic rings. The Morgan fingerprint density at radius 3 is 2.50 bits per heavy atom. The fourth-order valence-electron chi connectivity index (χ4n) is 1.64. The van der Waals surface area contributed by atoms with Gasteiger partial charge in [0.15, 0.2) is 5.11 Å². The molecule has 0 radical (unpaired) electrons. The van der Waals surface area contributed by atoms with E-state index < -0.39 is 9.75 Å². The number of alkyl halides is 2. The third-order valence-corrected chi connectivity index (χ3v) is 5.31. The van der Waals surface area contributed by atoms with Crippen LogP contribution in [0.4, 0.5) is 5.69 Å². The molecule has 0 aliphatic heterocycles. The number of hydrogen-bond acceptors (Lipinski definition) is 2. The number of carbonyl (C=O) groups excluding carboxylic acids is 1. The number of carbonyl (C=O) groups is 1. The van der Waals surface area contributed by atoms with Crippen LogP contribution in [-0.4, -0.2) is 15.4 Å². The Morgan fingerprint density at radius 2 is 1.95 bits per heavy atom. The van der Waals surface area contributed by atoms with Gasteiger partial charge in [0.2, 0.25) is 5.91 Å². The summed E-state index contributed by atoms with van der Waals surface area (Å²) >= 11 is 28.8. The lowest BCUT2D eigenvalue weighted by Gasteiger charge is -2.15. The molecule has 2 N–H and O–H groups in total. The van der Waals surface area contributed by atoms with Crippen LogP contribution in [0, 0.1) is 5.41 Å². The number of nitrogens with one attached hydrogen (secondary N) is 2. The molecule has 0 bridgehead atoms. The molecule has 1 amide bonds. The maximum absolute atomic E-state index is 12.0. The fraction of sp³-hybridized carbons (Fsp3) is 0.333. The second-order valence-electron chi connectivity index (χ2n) is 4.72. The van der Waals surface area contributed by atoms with E-state index in [-0.39, 0.29) is 11.0 Å². The van der Waals surface area contributed by atoms with Crippen LogP contribution in [0.5, 0.6) is 0 Å². The summed E-state index contributed by atoms with van der Waals surface area (Å²) in [5.41, 5.74) is -0.326. The highest BCUT2D eigenvalue weighted by Crippen LogP contribution is 2.63. The van der Waals surface area contributed by atoms with E-state index in [1.54, 1.807) is 25.1 Å². The second-order valence-corrected chi connectivity index (χ2v) is 7.40. The third-order valence-electron chi connectivity index (χ3n) is 3.19. The Bertz CT molecular complexity index is 593. The largest absolute Gasteiger partial charge is 0.331 e. The fourth-order valence-corrected chi connectivity index (χ4v) is 2.90. The van der Waals surface area contributed by atoms with Crippen LogP contribution >= 0.6 is 58.6 Å². The standard InChI is InChI=1S/C12H10Cl4N2OS/c1-11(5-12(11,15)16)9(19)18-10(20)17-7-4-2-3-6(13)8(7)14/h2-4H,5H2,1H3,(H2,17,18,19,20). The molecule has 3 nitrogen and oxygen atoms in total. The predicted octanol–water partition coefficient (Wildman–Crippen LogP) is 4.39. The molecule has 1 unspecified atom stereocenters. The second kappa shape index (κ2) is 5.50. The van der Waals surface area contributed by atoms with Crippen molar-refractivity contribution in [2.45, 2.75) is 17.7 Å². The van der Waals surface area contributed by atoms with Gasteiger partial charge >= 0.3 is 0 Å². The lowest BCUT2D eigenvalue weighted by molar-refractivity contribution is -0.124. The summed E-state index contributed by atoms with van der Waals surface area (Å²) in [5.74, 6) is -0.335. The highest BCUT2D eigenvalue weighted by atomic mass is 35.5. The first-order chi connectivity index (χ1) is 9.17. The average Bonchev–Trinajstić information content (AvgIpc) is 2.86. The van der Waals surface area contributed by atoms with Crippen molar-refractivity contribution >= 4 is 75.3 Å². The lowest BCUT2D eigenvalue weighted by Crippen LogP contribution is -2.40. The first-order valence-corrected chi connectivity index (χ1v) is 7.54. The van der Waals surface area contributed by atoms with Gasteiger partial charge in [0.05, 0.1) is 21.1 Å². The molecular formula is C12H10Cl4N2OS. The first kappa shape index (κ1) is 16.1. The Hall–Kier alpha value is -0.260. The summed E-state index contributed by atoms with van der Waals surface area (Å²) in [5, 5.41) is 6.17. The van der Waals surface area contributed by atoms with Gasteiger partial charge in [0.1, 0.15) is 4.33 Å². The van der Waals surface area contributed by atoms with Gasteiger partial charge in [0, 0.05) is 0 Å². The molecule has 1 atom stereocenters. The minimum Gasteiger partial charge on any atom is -0.331 e. The molecule has 108 valence electrons. The van der Waals surface area contributed by atoms with E-state index in [2.05, 4.69) is 10.6 Å². The zero-order chi connectivity index (χ0) is 15.1. The molecule has 0 saturated heterocycles. The maximum atomic E-state index is 12.0. The van der Waals surface area contributed by atoms with Gasteiger partial charge in [-0.2, -0.15) is 0 Å². The number of halogens is 4. The van der Waals surface area contributed by atoms with Gasteiger partial charge in [-0.3, -0.25) is 4.79 Å². The van der Waals surface area contributed by atoms with Gasteiger partial charge in [-0.15, -0.1) is 23.2 Å². The van der Waals surface area contributed by atoms with Crippen LogP contribution < -0.4 is 10.6 Å². The van der Waals surface area contributed by atoms with Gasteiger partial charge in [-0.05, 0) is 37.7 Å². The lowest BCUT2D eigenvalue weighted by atomic mass is 10.1. The van der Waals surface area contributed by atoms with Gasteiger partial charge in [0.25, 0.3) is 0 Å². The molecule has 0 heterocycles. The van der Waals surface area contributed by atoms with Gasteiger partial charge in [-0.25, -0.2) is 0 Å². The molecule has 1 aliphatic carbocycles. The van der Waals surface area contributed by atoms with Gasteiger partial charge in [-0.1, -0.05) is 29.3 Å². The zero-order valence-electron chi connectivity index (χ0n) is 10.3. The highest BCUT2D eigenvalue weighted by Gasteiger charge is 2.68.